The normalized spacial score (nSPS) is 10.4. The van der Waals surface area contributed by atoms with Gasteiger partial charge in [0.25, 0.3) is 0 Å². The van der Waals surface area contributed by atoms with Gasteiger partial charge in [-0.2, -0.15) is 0 Å². The lowest BCUT2D eigenvalue weighted by Gasteiger charge is -2.12. The van der Waals surface area contributed by atoms with Gasteiger partial charge in [-0.05, 0) is 19.1 Å². The van der Waals surface area contributed by atoms with E-state index >= 15 is 0 Å². The van der Waals surface area contributed by atoms with Crippen LogP contribution >= 0.6 is 0 Å². The van der Waals surface area contributed by atoms with Crippen LogP contribution in [0.15, 0.2) is 22.7 Å². The van der Waals surface area contributed by atoms with E-state index in [1.165, 1.54) is 0 Å². The van der Waals surface area contributed by atoms with Gasteiger partial charge in [0, 0.05) is 5.56 Å². The molecule has 0 amide bonds. The molecule has 2 aromatic rings. The monoisotopic (exact) mass is 248 g/mol. The molecule has 0 aliphatic rings. The molecule has 0 saturated carbocycles. The Kier molecular flexibility index (Phi) is 3.53. The number of nitrogens with two attached hydrogens (primary N) is 1. The second-order valence-corrected chi connectivity index (χ2v) is 3.80. The van der Waals surface area contributed by atoms with E-state index in [9.17, 15) is 0 Å². The van der Waals surface area contributed by atoms with Crippen LogP contribution in [0.25, 0.3) is 11.3 Å². The van der Waals surface area contributed by atoms with E-state index in [1.807, 2.05) is 19.1 Å². The van der Waals surface area contributed by atoms with E-state index in [4.69, 9.17) is 19.6 Å². The number of benzene rings is 1. The molecular weight excluding hydrogens is 232 g/mol. The van der Waals surface area contributed by atoms with Crippen molar-refractivity contribution >= 4 is 0 Å². The molecule has 0 aliphatic heterocycles. The maximum absolute atomic E-state index is 5.53. The fraction of sp³-hybridized carbons (Fsp3) is 0.308. The van der Waals surface area contributed by atoms with Crippen molar-refractivity contribution in [1.29, 1.82) is 0 Å². The molecule has 1 aromatic carbocycles. The van der Waals surface area contributed by atoms with Crippen molar-refractivity contribution in [2.24, 2.45) is 5.73 Å². The second kappa shape index (κ2) is 5.10. The van der Waals surface area contributed by atoms with E-state index in [1.54, 1.807) is 20.4 Å². The van der Waals surface area contributed by atoms with Gasteiger partial charge >= 0.3 is 0 Å². The van der Waals surface area contributed by atoms with Crippen LogP contribution in [0.4, 0.5) is 0 Å². The number of oxazole rings is 1. The topological polar surface area (TPSA) is 70.5 Å². The van der Waals surface area contributed by atoms with Crippen molar-refractivity contribution in [3.63, 3.8) is 0 Å². The molecule has 0 bridgehead atoms. The Bertz CT molecular complexity index is 549. The highest BCUT2D eigenvalue weighted by atomic mass is 16.5. The van der Waals surface area contributed by atoms with E-state index in [-0.39, 0.29) is 6.54 Å². The summed E-state index contributed by atoms with van der Waals surface area (Å²) < 4.78 is 16.2. The smallest absolute Gasteiger partial charge is 0.208 e. The van der Waals surface area contributed by atoms with Crippen LogP contribution in [-0.2, 0) is 6.54 Å². The summed E-state index contributed by atoms with van der Waals surface area (Å²) in [5.41, 5.74) is 7.24. The third-order valence-electron chi connectivity index (χ3n) is 2.77. The Morgan fingerprint density at radius 3 is 2.61 bits per heavy atom. The molecule has 96 valence electrons. The molecule has 0 atom stereocenters. The van der Waals surface area contributed by atoms with Gasteiger partial charge in [0.15, 0.2) is 5.76 Å². The molecule has 2 rings (SSSR count). The molecule has 5 heteroatoms. The van der Waals surface area contributed by atoms with Crippen molar-refractivity contribution in [2.75, 3.05) is 14.2 Å². The van der Waals surface area contributed by atoms with Crippen LogP contribution in [0.2, 0.25) is 0 Å². The largest absolute Gasteiger partial charge is 0.496 e. The van der Waals surface area contributed by atoms with Crippen LogP contribution in [0, 0.1) is 6.92 Å². The summed E-state index contributed by atoms with van der Waals surface area (Å²) in [6.45, 7) is 2.21. The van der Waals surface area contributed by atoms with Gasteiger partial charge in [-0.1, -0.05) is 0 Å². The summed E-state index contributed by atoms with van der Waals surface area (Å²) in [4.78, 5) is 4.08. The standard InChI is InChI=1S/C13H16N2O3/c1-8-10(16-2)5-4-9(13(8)17-3)11-7-15-12(6-14)18-11/h4-5,7H,6,14H2,1-3H3. The summed E-state index contributed by atoms with van der Waals surface area (Å²) in [5.74, 6) is 2.63. The predicted molar refractivity (Wildman–Crippen MR) is 67.7 cm³/mol. The number of nitrogens with zero attached hydrogens (tertiary/aromatic N) is 1. The maximum Gasteiger partial charge on any atom is 0.208 e. The molecule has 0 saturated heterocycles. The molecule has 0 spiro atoms. The van der Waals surface area contributed by atoms with Crippen LogP contribution in [0.3, 0.4) is 0 Å². The third kappa shape index (κ3) is 2.04. The number of hydrogen-bond acceptors (Lipinski definition) is 5. The highest BCUT2D eigenvalue weighted by molar-refractivity contribution is 5.69. The highest BCUT2D eigenvalue weighted by Gasteiger charge is 2.15. The molecule has 1 aromatic heterocycles. The van der Waals surface area contributed by atoms with Gasteiger partial charge in [0.05, 0.1) is 32.5 Å². The third-order valence-corrected chi connectivity index (χ3v) is 2.77. The van der Waals surface area contributed by atoms with Crippen LogP contribution in [0.1, 0.15) is 11.5 Å². The summed E-state index contributed by atoms with van der Waals surface area (Å²) >= 11 is 0. The SMILES string of the molecule is COc1ccc(-c2cnc(CN)o2)c(OC)c1C. The number of aromatic nitrogens is 1. The van der Waals surface area contributed by atoms with Gasteiger partial charge in [-0.15, -0.1) is 0 Å². The second-order valence-electron chi connectivity index (χ2n) is 3.80. The summed E-state index contributed by atoms with van der Waals surface area (Å²) in [7, 11) is 3.24. The van der Waals surface area contributed by atoms with Crippen molar-refractivity contribution in [1.82, 2.24) is 4.98 Å². The van der Waals surface area contributed by atoms with Crippen molar-refractivity contribution in [3.8, 4) is 22.8 Å². The fourth-order valence-electron chi connectivity index (χ4n) is 1.88. The number of hydrogen-bond donors (Lipinski definition) is 1. The molecule has 0 radical (unpaired) electrons. The number of methoxy groups -OCH3 is 2. The fourth-order valence-corrected chi connectivity index (χ4v) is 1.88. The molecule has 2 N–H and O–H groups in total. The van der Waals surface area contributed by atoms with Gasteiger partial charge in [-0.25, -0.2) is 4.98 Å². The lowest BCUT2D eigenvalue weighted by atomic mass is 10.1. The molecular formula is C13H16N2O3. The average molecular weight is 248 g/mol. The zero-order valence-corrected chi connectivity index (χ0v) is 10.7. The van der Waals surface area contributed by atoms with E-state index in [0.29, 0.717) is 17.4 Å². The quantitative estimate of drug-likeness (QED) is 0.897. The van der Waals surface area contributed by atoms with Crippen LogP contribution < -0.4 is 15.2 Å². The predicted octanol–water partition coefficient (Wildman–Crippen LogP) is 2.13. The first-order valence-corrected chi connectivity index (χ1v) is 5.58. The van der Waals surface area contributed by atoms with E-state index in [0.717, 1.165) is 16.9 Å². The zero-order valence-electron chi connectivity index (χ0n) is 10.7. The van der Waals surface area contributed by atoms with E-state index in [2.05, 4.69) is 4.98 Å². The highest BCUT2D eigenvalue weighted by Crippen LogP contribution is 2.37. The van der Waals surface area contributed by atoms with Gasteiger partial charge in [0.2, 0.25) is 5.89 Å². The Balaban J connectivity index is 2.53. The van der Waals surface area contributed by atoms with Crippen molar-refractivity contribution < 1.29 is 13.9 Å². The Morgan fingerprint density at radius 1 is 1.28 bits per heavy atom. The van der Waals surface area contributed by atoms with Gasteiger partial charge < -0.3 is 19.6 Å². The lowest BCUT2D eigenvalue weighted by Crippen LogP contribution is -1.95. The van der Waals surface area contributed by atoms with Crippen molar-refractivity contribution in [2.45, 2.75) is 13.5 Å². The molecule has 0 fully saturated rings. The summed E-state index contributed by atoms with van der Waals surface area (Å²) in [6.07, 6.45) is 1.64. The van der Waals surface area contributed by atoms with Crippen LogP contribution in [0.5, 0.6) is 11.5 Å². The molecule has 1 heterocycles. The summed E-state index contributed by atoms with van der Waals surface area (Å²) in [5, 5.41) is 0. The molecule has 0 unspecified atom stereocenters. The maximum atomic E-state index is 5.53. The van der Waals surface area contributed by atoms with Crippen molar-refractivity contribution in [3.05, 3.63) is 29.8 Å². The minimum absolute atomic E-state index is 0.275. The van der Waals surface area contributed by atoms with Crippen LogP contribution in [-0.4, -0.2) is 19.2 Å². The molecule has 18 heavy (non-hydrogen) atoms. The Morgan fingerprint density at radius 2 is 2.06 bits per heavy atom. The van der Waals surface area contributed by atoms with E-state index < -0.39 is 0 Å². The first kappa shape index (κ1) is 12.4. The first-order valence-electron chi connectivity index (χ1n) is 5.58. The Hall–Kier alpha value is -2.01. The lowest BCUT2D eigenvalue weighted by molar-refractivity contribution is 0.388. The minimum atomic E-state index is 0.275. The van der Waals surface area contributed by atoms with Gasteiger partial charge in [-0.3, -0.25) is 0 Å². The zero-order chi connectivity index (χ0) is 13.1. The summed E-state index contributed by atoms with van der Waals surface area (Å²) in [6, 6.07) is 3.75. The Labute approximate surface area is 106 Å². The minimum Gasteiger partial charge on any atom is -0.496 e. The first-order chi connectivity index (χ1) is 8.71. The number of ether oxygens (including phenoxy) is 2. The number of rotatable bonds is 4. The van der Waals surface area contributed by atoms with Gasteiger partial charge in [0.1, 0.15) is 11.5 Å². The molecule has 5 nitrogen and oxygen atoms in total. The average Bonchev–Trinajstić information content (AvgIpc) is 2.87. The molecule has 0 aliphatic carbocycles.